The van der Waals surface area contributed by atoms with Crippen molar-refractivity contribution in [2.45, 2.75) is 42.4 Å². The second-order valence-electron chi connectivity index (χ2n) is 4.54. The first kappa shape index (κ1) is 13.5. The maximum Gasteiger partial charge on any atom is 0.252 e. The van der Waals surface area contributed by atoms with Gasteiger partial charge in [-0.25, -0.2) is 8.42 Å². The highest BCUT2D eigenvalue weighted by Crippen LogP contribution is 2.29. The predicted molar refractivity (Wildman–Crippen MR) is 70.9 cm³/mol. The molecule has 1 aliphatic rings. The topological polar surface area (TPSA) is 61.2 Å². The first-order valence-electron chi connectivity index (χ1n) is 6.03. The van der Waals surface area contributed by atoms with Gasteiger partial charge in [-0.15, -0.1) is 11.3 Å². The van der Waals surface area contributed by atoms with Crippen LogP contribution in [0.4, 0.5) is 0 Å². The SMILES string of the molecule is CN(C1CCCCC1)S(=O)(=O)c1ccc(C#N)s1. The highest BCUT2D eigenvalue weighted by Gasteiger charge is 2.30. The van der Waals surface area contributed by atoms with Gasteiger partial charge in [-0.2, -0.15) is 9.57 Å². The van der Waals surface area contributed by atoms with Gasteiger partial charge in [0.25, 0.3) is 10.0 Å². The number of hydrogen-bond donors (Lipinski definition) is 0. The van der Waals surface area contributed by atoms with E-state index in [-0.39, 0.29) is 10.3 Å². The molecule has 1 aliphatic carbocycles. The molecule has 0 N–H and O–H groups in total. The summed E-state index contributed by atoms with van der Waals surface area (Å²) in [6, 6.07) is 5.17. The van der Waals surface area contributed by atoms with E-state index in [2.05, 4.69) is 0 Å². The largest absolute Gasteiger partial charge is 0.252 e. The molecule has 0 atom stereocenters. The van der Waals surface area contributed by atoms with Gasteiger partial charge in [-0.3, -0.25) is 0 Å². The lowest BCUT2D eigenvalue weighted by Crippen LogP contribution is -2.37. The normalized spacial score (nSPS) is 17.8. The lowest BCUT2D eigenvalue weighted by molar-refractivity contribution is 0.286. The molecule has 1 aromatic heterocycles. The molecule has 0 unspecified atom stereocenters. The van der Waals surface area contributed by atoms with E-state index in [4.69, 9.17) is 5.26 Å². The van der Waals surface area contributed by atoms with Gasteiger partial charge < -0.3 is 0 Å². The molecule has 0 amide bonds. The molecule has 1 heterocycles. The van der Waals surface area contributed by atoms with Gasteiger partial charge in [-0.05, 0) is 25.0 Å². The number of hydrogen-bond acceptors (Lipinski definition) is 4. The molecule has 1 aromatic rings. The molecule has 1 saturated carbocycles. The van der Waals surface area contributed by atoms with Crippen LogP contribution in [0, 0.1) is 11.3 Å². The number of rotatable bonds is 3. The Morgan fingerprint density at radius 2 is 2.00 bits per heavy atom. The summed E-state index contributed by atoms with van der Waals surface area (Å²) in [5.74, 6) is 0. The Kier molecular flexibility index (Phi) is 4.05. The van der Waals surface area contributed by atoms with Crippen LogP contribution >= 0.6 is 11.3 Å². The second kappa shape index (κ2) is 5.39. The summed E-state index contributed by atoms with van der Waals surface area (Å²) < 4.78 is 26.5. The average Bonchev–Trinajstić information content (AvgIpc) is 2.88. The predicted octanol–water partition coefficient (Wildman–Crippen LogP) is 2.57. The number of sulfonamides is 1. The third-order valence-corrected chi connectivity index (χ3v) is 6.78. The van der Waals surface area contributed by atoms with Gasteiger partial charge in [-0.1, -0.05) is 19.3 Å². The summed E-state index contributed by atoms with van der Waals surface area (Å²) in [6.45, 7) is 0. The molecule has 6 heteroatoms. The fourth-order valence-electron chi connectivity index (χ4n) is 2.30. The van der Waals surface area contributed by atoms with Crippen molar-refractivity contribution in [1.82, 2.24) is 4.31 Å². The first-order valence-corrected chi connectivity index (χ1v) is 8.29. The molecule has 0 bridgehead atoms. The molecular weight excluding hydrogens is 268 g/mol. The fraction of sp³-hybridized carbons (Fsp3) is 0.583. The van der Waals surface area contributed by atoms with Gasteiger partial charge in [0.05, 0.1) is 0 Å². The van der Waals surface area contributed by atoms with Gasteiger partial charge in [0.15, 0.2) is 0 Å². The van der Waals surface area contributed by atoms with Crippen molar-refractivity contribution in [3.8, 4) is 6.07 Å². The quantitative estimate of drug-likeness (QED) is 0.857. The van der Waals surface area contributed by atoms with Crippen molar-refractivity contribution in [2.75, 3.05) is 7.05 Å². The average molecular weight is 284 g/mol. The third-order valence-electron chi connectivity index (χ3n) is 3.41. The van der Waals surface area contributed by atoms with Crippen LogP contribution in [0.5, 0.6) is 0 Å². The van der Waals surface area contributed by atoms with Crippen LogP contribution < -0.4 is 0 Å². The summed E-state index contributed by atoms with van der Waals surface area (Å²) in [6.07, 6.45) is 5.26. The minimum Gasteiger partial charge on any atom is -0.206 e. The smallest absolute Gasteiger partial charge is 0.206 e. The van der Waals surface area contributed by atoms with E-state index in [9.17, 15) is 8.42 Å². The number of nitrogens with zero attached hydrogens (tertiary/aromatic N) is 2. The van der Waals surface area contributed by atoms with Gasteiger partial charge in [0, 0.05) is 13.1 Å². The Morgan fingerprint density at radius 3 is 2.56 bits per heavy atom. The highest BCUT2D eigenvalue weighted by molar-refractivity contribution is 7.91. The molecule has 2 rings (SSSR count). The van der Waals surface area contributed by atoms with E-state index in [0.717, 1.165) is 37.0 Å². The summed E-state index contributed by atoms with van der Waals surface area (Å²) in [4.78, 5) is 0.436. The van der Waals surface area contributed by atoms with Crippen molar-refractivity contribution in [3.63, 3.8) is 0 Å². The Balaban J connectivity index is 2.22. The standard InChI is InChI=1S/C12H16N2O2S2/c1-14(10-5-3-2-4-6-10)18(15,16)12-8-7-11(9-13)17-12/h7-8,10H,2-6H2,1H3. The van der Waals surface area contributed by atoms with Gasteiger partial charge in [0.1, 0.15) is 15.2 Å². The Morgan fingerprint density at radius 1 is 1.33 bits per heavy atom. The molecule has 4 nitrogen and oxygen atoms in total. The number of thiophene rings is 1. The van der Waals surface area contributed by atoms with E-state index in [0.29, 0.717) is 4.88 Å². The zero-order chi connectivity index (χ0) is 13.2. The zero-order valence-corrected chi connectivity index (χ0v) is 11.9. The van der Waals surface area contributed by atoms with Crippen molar-refractivity contribution >= 4 is 21.4 Å². The van der Waals surface area contributed by atoms with E-state index >= 15 is 0 Å². The maximum atomic E-state index is 12.4. The summed E-state index contributed by atoms with van der Waals surface area (Å²) in [5.41, 5.74) is 0. The summed E-state index contributed by atoms with van der Waals surface area (Å²) in [5, 5.41) is 8.76. The summed E-state index contributed by atoms with van der Waals surface area (Å²) >= 11 is 1.04. The zero-order valence-electron chi connectivity index (χ0n) is 10.3. The van der Waals surface area contributed by atoms with Crippen LogP contribution in [-0.2, 0) is 10.0 Å². The van der Waals surface area contributed by atoms with Crippen molar-refractivity contribution in [1.29, 1.82) is 5.26 Å². The highest BCUT2D eigenvalue weighted by atomic mass is 32.2. The molecule has 0 saturated heterocycles. The molecule has 0 aliphatic heterocycles. The lowest BCUT2D eigenvalue weighted by atomic mass is 9.96. The van der Waals surface area contributed by atoms with Crippen molar-refractivity contribution < 1.29 is 8.42 Å². The van der Waals surface area contributed by atoms with Crippen LogP contribution in [0.3, 0.4) is 0 Å². The van der Waals surface area contributed by atoms with E-state index in [1.807, 2.05) is 6.07 Å². The fourth-order valence-corrected chi connectivity index (χ4v) is 5.01. The second-order valence-corrected chi connectivity index (χ2v) is 7.85. The van der Waals surface area contributed by atoms with Gasteiger partial charge in [0.2, 0.25) is 0 Å². The van der Waals surface area contributed by atoms with Crippen molar-refractivity contribution in [3.05, 3.63) is 17.0 Å². The summed E-state index contributed by atoms with van der Waals surface area (Å²) in [7, 11) is -1.78. The maximum absolute atomic E-state index is 12.4. The molecular formula is C12H16N2O2S2. The third kappa shape index (κ3) is 2.58. The van der Waals surface area contributed by atoms with Crippen LogP contribution in [0.15, 0.2) is 16.3 Å². The van der Waals surface area contributed by atoms with Gasteiger partial charge >= 0.3 is 0 Å². The minimum atomic E-state index is -3.43. The molecule has 18 heavy (non-hydrogen) atoms. The monoisotopic (exact) mass is 284 g/mol. The number of nitriles is 1. The molecule has 1 fully saturated rings. The lowest BCUT2D eigenvalue weighted by Gasteiger charge is -2.29. The molecule has 0 aromatic carbocycles. The van der Waals surface area contributed by atoms with Crippen LogP contribution in [0.2, 0.25) is 0 Å². The molecule has 98 valence electrons. The Labute approximate surface area is 112 Å². The van der Waals surface area contributed by atoms with Crippen LogP contribution in [-0.4, -0.2) is 25.8 Å². The minimum absolute atomic E-state index is 0.108. The van der Waals surface area contributed by atoms with Crippen LogP contribution in [0.25, 0.3) is 0 Å². The Hall–Kier alpha value is -0.900. The van der Waals surface area contributed by atoms with Crippen LogP contribution in [0.1, 0.15) is 37.0 Å². The Bertz CT molecular complexity index is 551. The molecule has 0 radical (unpaired) electrons. The van der Waals surface area contributed by atoms with E-state index < -0.39 is 10.0 Å². The van der Waals surface area contributed by atoms with E-state index in [1.54, 1.807) is 13.1 Å². The molecule has 0 spiro atoms. The van der Waals surface area contributed by atoms with E-state index in [1.165, 1.54) is 16.8 Å². The van der Waals surface area contributed by atoms with Crippen molar-refractivity contribution in [2.24, 2.45) is 0 Å². The first-order chi connectivity index (χ1) is 8.55.